The molecule has 1 heterocycles. The van der Waals surface area contributed by atoms with Crippen molar-refractivity contribution in [3.63, 3.8) is 0 Å². The number of rotatable bonds is 6. The van der Waals surface area contributed by atoms with E-state index in [1.54, 1.807) is 18.0 Å². The molecular weight excluding hydrogens is 276 g/mol. The van der Waals surface area contributed by atoms with Gasteiger partial charge in [-0.15, -0.1) is 5.10 Å². The van der Waals surface area contributed by atoms with Crippen molar-refractivity contribution in [2.75, 3.05) is 13.7 Å². The molecule has 0 spiro atoms. The normalized spacial score (nSPS) is 12.4. The Morgan fingerprint density at radius 3 is 2.85 bits per heavy atom. The van der Waals surface area contributed by atoms with Crippen molar-refractivity contribution in [1.82, 2.24) is 20.3 Å². The number of nitrogens with one attached hydrogen (secondary N) is 1. The van der Waals surface area contributed by atoms with Crippen molar-refractivity contribution in [3.8, 4) is 5.75 Å². The summed E-state index contributed by atoms with van der Waals surface area (Å²) in [6, 6.07) is 5.63. The first-order valence-electron chi connectivity index (χ1n) is 6.58. The Morgan fingerprint density at radius 1 is 1.45 bits per heavy atom. The van der Waals surface area contributed by atoms with Gasteiger partial charge in [0, 0.05) is 17.6 Å². The average molecular weight is 295 g/mol. The van der Waals surface area contributed by atoms with Crippen LogP contribution in [0.3, 0.4) is 0 Å². The lowest BCUT2D eigenvalue weighted by Crippen LogP contribution is -2.25. The average Bonchev–Trinajstić information content (AvgIpc) is 2.86. The van der Waals surface area contributed by atoms with Crippen molar-refractivity contribution in [2.24, 2.45) is 7.05 Å². The molecule has 0 bridgehead atoms. The Bertz CT molecular complexity index is 570. The van der Waals surface area contributed by atoms with E-state index in [1.165, 1.54) is 0 Å². The van der Waals surface area contributed by atoms with Crippen LogP contribution in [0.1, 0.15) is 30.6 Å². The lowest BCUT2D eigenvalue weighted by Gasteiger charge is -2.21. The maximum Gasteiger partial charge on any atom is 0.125 e. The fourth-order valence-electron chi connectivity index (χ4n) is 2.14. The van der Waals surface area contributed by atoms with Gasteiger partial charge in [-0.05, 0) is 25.1 Å². The summed E-state index contributed by atoms with van der Waals surface area (Å²) in [5.74, 6) is 0.757. The van der Waals surface area contributed by atoms with Gasteiger partial charge in [-0.3, -0.25) is 4.68 Å². The van der Waals surface area contributed by atoms with Crippen LogP contribution in [0.4, 0.5) is 0 Å². The quantitative estimate of drug-likeness (QED) is 0.889. The number of hydrogen-bond acceptors (Lipinski definition) is 4. The smallest absolute Gasteiger partial charge is 0.125 e. The van der Waals surface area contributed by atoms with E-state index < -0.39 is 0 Å². The molecule has 0 fully saturated rings. The molecule has 0 radical (unpaired) electrons. The molecule has 0 amide bonds. The van der Waals surface area contributed by atoms with E-state index in [9.17, 15) is 0 Å². The first-order valence-corrected chi connectivity index (χ1v) is 6.96. The van der Waals surface area contributed by atoms with Gasteiger partial charge >= 0.3 is 0 Å². The molecule has 0 aliphatic rings. The van der Waals surface area contributed by atoms with E-state index in [1.807, 2.05) is 25.2 Å². The van der Waals surface area contributed by atoms with E-state index in [0.717, 1.165) is 30.0 Å². The lowest BCUT2D eigenvalue weighted by atomic mass is 10.0. The fourth-order valence-corrected chi connectivity index (χ4v) is 2.31. The van der Waals surface area contributed by atoms with Crippen LogP contribution in [0, 0.1) is 0 Å². The highest BCUT2D eigenvalue weighted by Crippen LogP contribution is 2.31. The Morgan fingerprint density at radius 2 is 2.25 bits per heavy atom. The third-order valence-electron chi connectivity index (χ3n) is 3.15. The van der Waals surface area contributed by atoms with Gasteiger partial charge in [0.2, 0.25) is 0 Å². The fraction of sp³-hybridized carbons (Fsp3) is 0.429. The summed E-state index contributed by atoms with van der Waals surface area (Å²) in [6.45, 7) is 3.02. The van der Waals surface area contributed by atoms with Crippen LogP contribution >= 0.6 is 11.6 Å². The molecule has 2 rings (SSSR count). The van der Waals surface area contributed by atoms with Crippen LogP contribution in [0.25, 0.3) is 0 Å². The number of hydrogen-bond donors (Lipinski definition) is 1. The number of aromatic nitrogens is 3. The Balaban J connectivity index is 2.43. The molecule has 20 heavy (non-hydrogen) atoms. The zero-order valence-electron chi connectivity index (χ0n) is 11.9. The number of ether oxygens (including phenoxy) is 1. The molecule has 1 N–H and O–H groups in total. The van der Waals surface area contributed by atoms with E-state index >= 15 is 0 Å². The summed E-state index contributed by atoms with van der Waals surface area (Å²) in [5, 5.41) is 12.1. The highest BCUT2D eigenvalue weighted by molar-refractivity contribution is 6.30. The first-order chi connectivity index (χ1) is 9.67. The first kappa shape index (κ1) is 14.8. The van der Waals surface area contributed by atoms with Crippen LogP contribution in [-0.4, -0.2) is 28.6 Å². The standard InChI is InChI=1S/C14H19ClN4O/c1-4-7-16-14(12-9-17-18-19(12)2)11-6-5-10(15)8-13(11)20-3/h5-6,8-9,14,16H,4,7H2,1-3H3. The van der Waals surface area contributed by atoms with Crippen LogP contribution in [0.15, 0.2) is 24.4 Å². The minimum Gasteiger partial charge on any atom is -0.496 e. The zero-order valence-corrected chi connectivity index (χ0v) is 12.7. The summed E-state index contributed by atoms with van der Waals surface area (Å²) >= 11 is 6.03. The van der Waals surface area contributed by atoms with E-state index in [0.29, 0.717) is 5.02 Å². The van der Waals surface area contributed by atoms with E-state index in [2.05, 4.69) is 22.6 Å². The highest BCUT2D eigenvalue weighted by atomic mass is 35.5. The lowest BCUT2D eigenvalue weighted by molar-refractivity contribution is 0.402. The van der Waals surface area contributed by atoms with Crippen molar-refractivity contribution in [2.45, 2.75) is 19.4 Å². The molecule has 2 aromatic rings. The third kappa shape index (κ3) is 3.11. The van der Waals surface area contributed by atoms with Crippen molar-refractivity contribution in [3.05, 3.63) is 40.7 Å². The summed E-state index contributed by atoms with van der Waals surface area (Å²) < 4.78 is 7.22. The monoisotopic (exact) mass is 294 g/mol. The number of methoxy groups -OCH3 is 1. The Kier molecular flexibility index (Phi) is 4.98. The number of aryl methyl sites for hydroxylation is 1. The largest absolute Gasteiger partial charge is 0.496 e. The minimum atomic E-state index is -0.0258. The third-order valence-corrected chi connectivity index (χ3v) is 3.39. The topological polar surface area (TPSA) is 52.0 Å². The molecule has 108 valence electrons. The number of benzene rings is 1. The molecule has 0 aliphatic carbocycles. The molecule has 1 aromatic carbocycles. The van der Waals surface area contributed by atoms with Crippen LogP contribution in [-0.2, 0) is 7.05 Å². The second-order valence-electron chi connectivity index (χ2n) is 4.56. The molecule has 0 aliphatic heterocycles. The molecule has 1 atom stereocenters. The number of nitrogens with zero attached hydrogens (tertiary/aromatic N) is 3. The van der Waals surface area contributed by atoms with Crippen molar-refractivity contribution >= 4 is 11.6 Å². The molecule has 5 nitrogen and oxygen atoms in total. The van der Waals surface area contributed by atoms with Crippen molar-refractivity contribution < 1.29 is 4.74 Å². The summed E-state index contributed by atoms with van der Waals surface area (Å²) in [5.41, 5.74) is 2.01. The second kappa shape index (κ2) is 6.72. The second-order valence-corrected chi connectivity index (χ2v) is 4.99. The van der Waals surface area contributed by atoms with E-state index in [-0.39, 0.29) is 6.04 Å². The summed E-state index contributed by atoms with van der Waals surface area (Å²) in [4.78, 5) is 0. The molecule has 1 aromatic heterocycles. The van der Waals surface area contributed by atoms with Gasteiger partial charge in [0.05, 0.1) is 25.0 Å². The van der Waals surface area contributed by atoms with Crippen LogP contribution in [0.2, 0.25) is 5.02 Å². The molecule has 6 heteroatoms. The number of halogens is 1. The maximum atomic E-state index is 6.03. The predicted octanol–water partition coefficient (Wildman–Crippen LogP) is 2.57. The van der Waals surface area contributed by atoms with Gasteiger partial charge in [-0.25, -0.2) is 0 Å². The van der Waals surface area contributed by atoms with Gasteiger partial charge in [-0.2, -0.15) is 0 Å². The van der Waals surface area contributed by atoms with E-state index in [4.69, 9.17) is 16.3 Å². The van der Waals surface area contributed by atoms with Gasteiger partial charge < -0.3 is 10.1 Å². The molecule has 0 saturated heterocycles. The molecule has 1 unspecified atom stereocenters. The SMILES string of the molecule is CCCNC(c1ccc(Cl)cc1OC)c1cnnn1C. The minimum absolute atomic E-state index is 0.0258. The predicted molar refractivity (Wildman–Crippen MR) is 79.1 cm³/mol. The van der Waals surface area contributed by atoms with Gasteiger partial charge in [-0.1, -0.05) is 29.8 Å². The van der Waals surface area contributed by atoms with Gasteiger partial charge in [0.15, 0.2) is 0 Å². The Hall–Kier alpha value is -1.59. The summed E-state index contributed by atoms with van der Waals surface area (Å²) in [6.07, 6.45) is 2.80. The van der Waals surface area contributed by atoms with Gasteiger partial charge in [0.25, 0.3) is 0 Å². The zero-order chi connectivity index (χ0) is 14.5. The van der Waals surface area contributed by atoms with Crippen LogP contribution < -0.4 is 10.1 Å². The Labute approximate surface area is 123 Å². The van der Waals surface area contributed by atoms with Crippen LogP contribution in [0.5, 0.6) is 5.75 Å². The summed E-state index contributed by atoms with van der Waals surface area (Å²) in [7, 11) is 3.53. The van der Waals surface area contributed by atoms with Gasteiger partial charge in [0.1, 0.15) is 5.75 Å². The molecular formula is C14H19ClN4O. The highest BCUT2D eigenvalue weighted by Gasteiger charge is 2.21. The van der Waals surface area contributed by atoms with Crippen molar-refractivity contribution in [1.29, 1.82) is 0 Å². The maximum absolute atomic E-state index is 6.03. The molecule has 0 saturated carbocycles.